The van der Waals surface area contributed by atoms with Crippen LogP contribution in [0.15, 0.2) is 36.5 Å². The van der Waals surface area contributed by atoms with Crippen LogP contribution in [0.5, 0.6) is 11.6 Å². The van der Waals surface area contributed by atoms with Crippen molar-refractivity contribution in [3.05, 3.63) is 53.5 Å². The number of hydrogen-bond acceptors (Lipinski definition) is 3. The highest BCUT2D eigenvalue weighted by Crippen LogP contribution is 2.26. The van der Waals surface area contributed by atoms with Crippen molar-refractivity contribution < 1.29 is 14.2 Å². The average Bonchev–Trinajstić information content (AvgIpc) is 2.35. The Morgan fingerprint density at radius 2 is 2.12 bits per heavy atom. The Hall–Kier alpha value is -1.94. The van der Waals surface area contributed by atoms with Gasteiger partial charge in [-0.3, -0.25) is 0 Å². The minimum Gasteiger partial charge on any atom is -0.436 e. The number of rotatable bonds is 3. The molecule has 0 fully saturated rings. The van der Waals surface area contributed by atoms with Gasteiger partial charge in [-0.25, -0.2) is 9.37 Å². The fourth-order valence-electron chi connectivity index (χ4n) is 1.44. The molecule has 0 atom stereocenters. The van der Waals surface area contributed by atoms with E-state index in [0.29, 0.717) is 11.1 Å². The Morgan fingerprint density at radius 1 is 1.29 bits per heavy atom. The summed E-state index contributed by atoms with van der Waals surface area (Å²) in [5, 5.41) is 9.11. The third-order valence-electron chi connectivity index (χ3n) is 2.38. The summed E-state index contributed by atoms with van der Waals surface area (Å²) in [6.07, 6.45) is 1.53. The molecule has 0 radical (unpaired) electrons. The number of aryl methyl sites for hydroxylation is 1. The third kappa shape index (κ3) is 2.42. The van der Waals surface area contributed by atoms with Gasteiger partial charge in [-0.2, -0.15) is 0 Å². The number of aliphatic hydroxyl groups excluding tert-OH is 1. The standard InChI is InChI=1S/C13H12FNO2/c1-9-4-2-6-11(12(9)14)17-13-10(8-16)5-3-7-15-13/h2-7,16H,8H2,1H3. The molecule has 0 bridgehead atoms. The second-order valence-electron chi connectivity index (χ2n) is 3.61. The van der Waals surface area contributed by atoms with Gasteiger partial charge in [-0.15, -0.1) is 0 Å². The zero-order valence-electron chi connectivity index (χ0n) is 9.35. The van der Waals surface area contributed by atoms with Crippen molar-refractivity contribution in [2.45, 2.75) is 13.5 Å². The first kappa shape index (κ1) is 11.5. The van der Waals surface area contributed by atoms with Crippen LogP contribution in [0.1, 0.15) is 11.1 Å². The van der Waals surface area contributed by atoms with E-state index in [2.05, 4.69) is 4.98 Å². The van der Waals surface area contributed by atoms with Crippen molar-refractivity contribution in [2.24, 2.45) is 0 Å². The SMILES string of the molecule is Cc1cccc(Oc2ncccc2CO)c1F. The number of halogens is 1. The molecule has 88 valence electrons. The van der Waals surface area contributed by atoms with E-state index >= 15 is 0 Å². The molecule has 0 saturated heterocycles. The molecule has 1 aromatic carbocycles. The Balaban J connectivity index is 2.35. The van der Waals surface area contributed by atoms with Gasteiger partial charge in [0.1, 0.15) is 0 Å². The van der Waals surface area contributed by atoms with E-state index < -0.39 is 5.82 Å². The van der Waals surface area contributed by atoms with Crippen LogP contribution in [-0.2, 0) is 6.61 Å². The normalized spacial score (nSPS) is 10.3. The minimum absolute atomic E-state index is 0.110. The van der Waals surface area contributed by atoms with Crippen LogP contribution in [0.3, 0.4) is 0 Å². The van der Waals surface area contributed by atoms with Crippen molar-refractivity contribution in [1.29, 1.82) is 0 Å². The first-order valence-corrected chi connectivity index (χ1v) is 5.20. The van der Waals surface area contributed by atoms with Crippen LogP contribution in [0.2, 0.25) is 0 Å². The summed E-state index contributed by atoms with van der Waals surface area (Å²) >= 11 is 0. The van der Waals surface area contributed by atoms with Crippen molar-refractivity contribution in [3.63, 3.8) is 0 Å². The van der Waals surface area contributed by atoms with E-state index in [1.54, 1.807) is 31.2 Å². The van der Waals surface area contributed by atoms with E-state index in [-0.39, 0.29) is 18.2 Å². The largest absolute Gasteiger partial charge is 0.436 e. The van der Waals surface area contributed by atoms with E-state index in [9.17, 15) is 4.39 Å². The van der Waals surface area contributed by atoms with Crippen LogP contribution in [0.25, 0.3) is 0 Å². The number of aliphatic hydroxyl groups is 1. The first-order valence-electron chi connectivity index (χ1n) is 5.20. The van der Waals surface area contributed by atoms with Gasteiger partial charge in [0.05, 0.1) is 6.61 Å². The average molecular weight is 233 g/mol. The maximum absolute atomic E-state index is 13.7. The summed E-state index contributed by atoms with van der Waals surface area (Å²) in [6, 6.07) is 8.25. The lowest BCUT2D eigenvalue weighted by Crippen LogP contribution is -1.96. The quantitative estimate of drug-likeness (QED) is 0.886. The molecular weight excluding hydrogens is 221 g/mol. The fourth-order valence-corrected chi connectivity index (χ4v) is 1.44. The van der Waals surface area contributed by atoms with Crippen LogP contribution >= 0.6 is 0 Å². The number of aromatic nitrogens is 1. The molecule has 2 aromatic rings. The first-order chi connectivity index (χ1) is 8.22. The summed E-state index contributed by atoms with van der Waals surface area (Å²) in [7, 11) is 0. The molecule has 0 saturated carbocycles. The molecule has 1 heterocycles. The number of nitrogens with zero attached hydrogens (tertiary/aromatic N) is 1. The van der Waals surface area contributed by atoms with Gasteiger partial charge in [-0.1, -0.05) is 12.1 Å². The highest BCUT2D eigenvalue weighted by Gasteiger charge is 2.10. The predicted molar refractivity (Wildman–Crippen MR) is 61.4 cm³/mol. The number of benzene rings is 1. The monoisotopic (exact) mass is 233 g/mol. The van der Waals surface area contributed by atoms with E-state index in [1.807, 2.05) is 0 Å². The molecule has 0 amide bonds. The Morgan fingerprint density at radius 3 is 2.88 bits per heavy atom. The smallest absolute Gasteiger partial charge is 0.224 e. The third-order valence-corrected chi connectivity index (χ3v) is 2.38. The van der Waals surface area contributed by atoms with Crippen molar-refractivity contribution in [1.82, 2.24) is 4.98 Å². The molecule has 0 aliphatic rings. The van der Waals surface area contributed by atoms with Gasteiger partial charge in [-0.05, 0) is 30.7 Å². The van der Waals surface area contributed by atoms with Gasteiger partial charge >= 0.3 is 0 Å². The molecular formula is C13H12FNO2. The highest BCUT2D eigenvalue weighted by molar-refractivity contribution is 5.35. The second kappa shape index (κ2) is 4.93. The molecule has 4 heteroatoms. The molecule has 2 rings (SSSR count). The number of hydrogen-bond donors (Lipinski definition) is 1. The van der Waals surface area contributed by atoms with Crippen LogP contribution in [0.4, 0.5) is 4.39 Å². The molecule has 0 unspecified atom stereocenters. The van der Waals surface area contributed by atoms with Gasteiger partial charge < -0.3 is 9.84 Å². The minimum atomic E-state index is -0.415. The highest BCUT2D eigenvalue weighted by atomic mass is 19.1. The lowest BCUT2D eigenvalue weighted by molar-refractivity contribution is 0.274. The molecule has 17 heavy (non-hydrogen) atoms. The van der Waals surface area contributed by atoms with Crippen molar-refractivity contribution in [2.75, 3.05) is 0 Å². The predicted octanol–water partition coefficient (Wildman–Crippen LogP) is 2.81. The van der Waals surface area contributed by atoms with Crippen molar-refractivity contribution >= 4 is 0 Å². The van der Waals surface area contributed by atoms with Gasteiger partial charge in [0.25, 0.3) is 0 Å². The van der Waals surface area contributed by atoms with Crippen LogP contribution < -0.4 is 4.74 Å². The number of pyridine rings is 1. The Bertz CT molecular complexity index is 529. The second-order valence-corrected chi connectivity index (χ2v) is 3.61. The summed E-state index contributed by atoms with van der Waals surface area (Å²) in [5.74, 6) is -0.0834. The van der Waals surface area contributed by atoms with Gasteiger partial charge in [0.15, 0.2) is 11.6 Å². The lowest BCUT2D eigenvalue weighted by atomic mass is 10.2. The molecule has 0 spiro atoms. The van der Waals surface area contributed by atoms with Crippen LogP contribution in [0, 0.1) is 12.7 Å². The summed E-state index contributed by atoms with van der Waals surface area (Å²) in [5.41, 5.74) is 1.03. The zero-order chi connectivity index (χ0) is 12.3. The van der Waals surface area contributed by atoms with Gasteiger partial charge in [0, 0.05) is 11.8 Å². The Labute approximate surface area is 98.5 Å². The molecule has 0 aliphatic carbocycles. The topological polar surface area (TPSA) is 42.4 Å². The van der Waals surface area contributed by atoms with E-state index in [1.165, 1.54) is 12.3 Å². The maximum atomic E-state index is 13.7. The zero-order valence-corrected chi connectivity index (χ0v) is 9.35. The van der Waals surface area contributed by atoms with E-state index in [4.69, 9.17) is 9.84 Å². The molecule has 0 aliphatic heterocycles. The molecule has 1 aromatic heterocycles. The fraction of sp³-hybridized carbons (Fsp3) is 0.154. The molecule has 3 nitrogen and oxygen atoms in total. The molecule has 1 N–H and O–H groups in total. The summed E-state index contributed by atoms with van der Waals surface area (Å²) in [4.78, 5) is 3.97. The van der Waals surface area contributed by atoms with Crippen LogP contribution in [-0.4, -0.2) is 10.1 Å². The lowest BCUT2D eigenvalue weighted by Gasteiger charge is -2.09. The summed E-state index contributed by atoms with van der Waals surface area (Å²) < 4.78 is 19.1. The Kier molecular flexibility index (Phi) is 3.35. The van der Waals surface area contributed by atoms with E-state index in [0.717, 1.165) is 0 Å². The maximum Gasteiger partial charge on any atom is 0.224 e. The summed E-state index contributed by atoms with van der Waals surface area (Å²) in [6.45, 7) is 1.46. The number of ether oxygens (including phenoxy) is 1. The van der Waals surface area contributed by atoms with Crippen molar-refractivity contribution in [3.8, 4) is 11.6 Å². The van der Waals surface area contributed by atoms with Gasteiger partial charge in [0.2, 0.25) is 5.88 Å².